The number of amides is 2. The Morgan fingerprint density at radius 3 is 2.32 bits per heavy atom. The predicted octanol–water partition coefficient (Wildman–Crippen LogP) is 5.70. The number of nitrogens with zero attached hydrogens (tertiary/aromatic N) is 1. The van der Waals surface area contributed by atoms with Gasteiger partial charge in [0.15, 0.2) is 6.61 Å². The zero-order valence-corrected chi connectivity index (χ0v) is 21.7. The summed E-state index contributed by atoms with van der Waals surface area (Å²) in [4.78, 5) is 27.7. The van der Waals surface area contributed by atoms with Crippen molar-refractivity contribution in [2.45, 2.75) is 52.2 Å². The average molecular weight is 577 g/mol. The van der Waals surface area contributed by atoms with Crippen LogP contribution in [0.1, 0.15) is 39.7 Å². The molecule has 8 heteroatoms. The minimum absolute atomic E-state index is 0.168. The third-order valence-electron chi connectivity index (χ3n) is 4.42. The first-order chi connectivity index (χ1) is 14.5. The summed E-state index contributed by atoms with van der Waals surface area (Å²) in [6.45, 7) is 7.56. The van der Waals surface area contributed by atoms with Crippen LogP contribution >= 0.6 is 45.8 Å². The van der Waals surface area contributed by atoms with Gasteiger partial charge in [-0.1, -0.05) is 36.2 Å². The Bertz CT molecular complexity index is 914. The van der Waals surface area contributed by atoms with Crippen molar-refractivity contribution < 1.29 is 14.3 Å². The fraction of sp³-hybridized carbons (Fsp3) is 0.391. The molecule has 0 bridgehead atoms. The number of nitrogens with one attached hydrogen (secondary N) is 1. The van der Waals surface area contributed by atoms with Crippen LogP contribution in [-0.4, -0.2) is 34.9 Å². The smallest absolute Gasteiger partial charge is 0.261 e. The van der Waals surface area contributed by atoms with Gasteiger partial charge in [-0.3, -0.25) is 9.59 Å². The quantitative estimate of drug-likeness (QED) is 0.410. The summed E-state index contributed by atoms with van der Waals surface area (Å²) in [5.74, 6) is 0.0635. The fourth-order valence-corrected chi connectivity index (χ4v) is 3.79. The van der Waals surface area contributed by atoms with Gasteiger partial charge in [0.25, 0.3) is 5.91 Å². The first-order valence-corrected chi connectivity index (χ1v) is 11.8. The van der Waals surface area contributed by atoms with Gasteiger partial charge in [0.2, 0.25) is 5.91 Å². The third kappa shape index (κ3) is 8.16. The van der Waals surface area contributed by atoms with E-state index in [0.717, 1.165) is 3.57 Å². The van der Waals surface area contributed by atoms with Gasteiger partial charge >= 0.3 is 0 Å². The van der Waals surface area contributed by atoms with Crippen LogP contribution in [0.3, 0.4) is 0 Å². The minimum atomic E-state index is -0.668. The Morgan fingerprint density at radius 1 is 1.13 bits per heavy atom. The zero-order chi connectivity index (χ0) is 23.2. The van der Waals surface area contributed by atoms with Gasteiger partial charge in [0, 0.05) is 25.7 Å². The maximum atomic E-state index is 13.2. The van der Waals surface area contributed by atoms with Crippen LogP contribution in [0.15, 0.2) is 42.5 Å². The molecule has 168 valence electrons. The number of ether oxygens (including phenoxy) is 1. The van der Waals surface area contributed by atoms with E-state index in [1.807, 2.05) is 39.8 Å². The van der Waals surface area contributed by atoms with Crippen molar-refractivity contribution in [3.8, 4) is 5.75 Å². The molecule has 0 aromatic heterocycles. The van der Waals surface area contributed by atoms with Gasteiger partial charge in [-0.05, 0) is 91.7 Å². The van der Waals surface area contributed by atoms with Crippen molar-refractivity contribution >= 4 is 57.6 Å². The molecule has 0 heterocycles. The molecule has 2 aromatic carbocycles. The van der Waals surface area contributed by atoms with Crippen molar-refractivity contribution in [1.82, 2.24) is 10.2 Å². The summed E-state index contributed by atoms with van der Waals surface area (Å²) in [6.07, 6.45) is 0.447. The second kappa shape index (κ2) is 11.4. The molecule has 1 atom stereocenters. The van der Waals surface area contributed by atoms with Crippen LogP contribution in [0.4, 0.5) is 0 Å². The summed E-state index contributed by atoms with van der Waals surface area (Å²) in [5.41, 5.74) is 0.283. The molecule has 0 fully saturated rings. The highest BCUT2D eigenvalue weighted by Crippen LogP contribution is 2.24. The highest BCUT2D eigenvalue weighted by molar-refractivity contribution is 14.1. The van der Waals surface area contributed by atoms with Crippen LogP contribution in [0.2, 0.25) is 10.0 Å². The number of carbonyl (C=O) groups excluding carboxylic acids is 2. The zero-order valence-electron chi connectivity index (χ0n) is 18.0. The van der Waals surface area contributed by atoms with Crippen molar-refractivity contribution in [2.75, 3.05) is 6.61 Å². The van der Waals surface area contributed by atoms with E-state index in [9.17, 15) is 9.59 Å². The monoisotopic (exact) mass is 576 g/mol. The SMILES string of the molecule is CC[C@H](C(=O)NC(C)(C)C)N(Cc1ccc(Cl)cc1Cl)C(=O)COc1ccc(I)cc1. The second-order valence-electron chi connectivity index (χ2n) is 8.16. The van der Waals surface area contributed by atoms with Gasteiger partial charge in [0.05, 0.1) is 0 Å². The van der Waals surface area contributed by atoms with Crippen molar-refractivity contribution in [3.05, 3.63) is 61.6 Å². The van der Waals surface area contributed by atoms with Gasteiger partial charge in [0.1, 0.15) is 11.8 Å². The number of halogens is 3. The number of hydrogen-bond donors (Lipinski definition) is 1. The van der Waals surface area contributed by atoms with E-state index in [1.165, 1.54) is 4.90 Å². The summed E-state index contributed by atoms with van der Waals surface area (Å²) in [7, 11) is 0. The highest BCUT2D eigenvalue weighted by Gasteiger charge is 2.31. The molecule has 5 nitrogen and oxygen atoms in total. The molecule has 0 radical (unpaired) electrons. The molecule has 0 spiro atoms. The molecule has 0 unspecified atom stereocenters. The molecule has 0 saturated carbocycles. The summed E-state index contributed by atoms with van der Waals surface area (Å²) < 4.78 is 6.76. The molecule has 0 aliphatic carbocycles. The van der Waals surface area contributed by atoms with Gasteiger partial charge < -0.3 is 15.0 Å². The van der Waals surface area contributed by atoms with E-state index < -0.39 is 11.6 Å². The highest BCUT2D eigenvalue weighted by atomic mass is 127. The van der Waals surface area contributed by atoms with Crippen molar-refractivity contribution in [3.63, 3.8) is 0 Å². The van der Waals surface area contributed by atoms with Crippen LogP contribution in [0, 0.1) is 3.57 Å². The molecule has 2 rings (SSSR count). The van der Waals surface area contributed by atoms with E-state index in [1.54, 1.807) is 30.3 Å². The molecular weight excluding hydrogens is 550 g/mol. The Kier molecular flexibility index (Phi) is 9.45. The Hall–Kier alpha value is -1.51. The van der Waals surface area contributed by atoms with Gasteiger partial charge in [-0.15, -0.1) is 0 Å². The van der Waals surface area contributed by atoms with E-state index in [-0.39, 0.29) is 25.0 Å². The third-order valence-corrected chi connectivity index (χ3v) is 5.72. The molecule has 2 amide bonds. The number of hydrogen-bond acceptors (Lipinski definition) is 3. The Labute approximate surface area is 207 Å². The van der Waals surface area contributed by atoms with E-state index >= 15 is 0 Å². The lowest BCUT2D eigenvalue weighted by atomic mass is 10.1. The number of benzene rings is 2. The maximum absolute atomic E-state index is 13.2. The lowest BCUT2D eigenvalue weighted by Gasteiger charge is -2.33. The molecule has 0 aliphatic rings. The first-order valence-electron chi connectivity index (χ1n) is 9.94. The number of carbonyl (C=O) groups is 2. The Morgan fingerprint density at radius 2 is 1.77 bits per heavy atom. The molecular formula is C23H27Cl2IN2O3. The van der Waals surface area contributed by atoms with Crippen LogP contribution in [0.25, 0.3) is 0 Å². The topological polar surface area (TPSA) is 58.6 Å². The Balaban J connectivity index is 2.27. The van der Waals surface area contributed by atoms with Crippen LogP contribution in [0.5, 0.6) is 5.75 Å². The average Bonchev–Trinajstić information content (AvgIpc) is 2.67. The summed E-state index contributed by atoms with van der Waals surface area (Å²) >= 11 is 14.6. The summed E-state index contributed by atoms with van der Waals surface area (Å²) in [5, 5.41) is 3.91. The van der Waals surface area contributed by atoms with E-state index in [4.69, 9.17) is 27.9 Å². The standard InChI is InChI=1S/C23H27Cl2IN2O3/c1-5-20(22(30)27-23(2,3)4)28(13-15-6-7-16(24)12-19(15)25)21(29)14-31-18-10-8-17(26)9-11-18/h6-12,20H,5,13-14H2,1-4H3,(H,27,30)/t20-/m1/s1. The number of rotatable bonds is 8. The molecule has 2 aromatic rings. The molecule has 0 saturated heterocycles. The van der Waals surface area contributed by atoms with Crippen molar-refractivity contribution in [2.24, 2.45) is 0 Å². The van der Waals surface area contributed by atoms with Crippen LogP contribution < -0.4 is 10.1 Å². The van der Waals surface area contributed by atoms with Crippen LogP contribution in [-0.2, 0) is 16.1 Å². The molecule has 0 aliphatic heterocycles. The summed E-state index contributed by atoms with van der Waals surface area (Å²) in [6, 6.07) is 11.8. The lowest BCUT2D eigenvalue weighted by Crippen LogP contribution is -2.54. The van der Waals surface area contributed by atoms with E-state index in [2.05, 4.69) is 27.9 Å². The molecule has 31 heavy (non-hydrogen) atoms. The normalized spacial score (nSPS) is 12.2. The minimum Gasteiger partial charge on any atom is -0.484 e. The van der Waals surface area contributed by atoms with Crippen molar-refractivity contribution in [1.29, 1.82) is 0 Å². The molecule has 1 N–H and O–H groups in total. The lowest BCUT2D eigenvalue weighted by molar-refractivity contribution is -0.143. The maximum Gasteiger partial charge on any atom is 0.261 e. The fourth-order valence-electron chi connectivity index (χ4n) is 2.96. The second-order valence-corrected chi connectivity index (χ2v) is 10.3. The van der Waals surface area contributed by atoms with Gasteiger partial charge in [-0.25, -0.2) is 0 Å². The largest absolute Gasteiger partial charge is 0.484 e. The van der Waals surface area contributed by atoms with E-state index in [0.29, 0.717) is 27.8 Å². The first kappa shape index (κ1) is 25.7. The van der Waals surface area contributed by atoms with Gasteiger partial charge in [-0.2, -0.15) is 0 Å². The predicted molar refractivity (Wildman–Crippen MR) is 134 cm³/mol.